The fourth-order valence-corrected chi connectivity index (χ4v) is 1.07. The summed E-state index contributed by atoms with van der Waals surface area (Å²) in [6, 6.07) is 0. The Hall–Kier alpha value is -0.600. The highest BCUT2D eigenvalue weighted by molar-refractivity contribution is 4.79. The van der Waals surface area contributed by atoms with E-state index in [-0.39, 0.29) is 6.29 Å². The van der Waals surface area contributed by atoms with Crippen LogP contribution in [0.4, 0.5) is 0 Å². The predicted octanol–water partition coefficient (Wildman–Crippen LogP) is 1.74. The van der Waals surface area contributed by atoms with E-state index in [1.165, 1.54) is 0 Å². The molecule has 11 heavy (non-hydrogen) atoms. The Kier molecular flexibility index (Phi) is 3.33. The Labute approximate surface area is 67.5 Å². The van der Waals surface area contributed by atoms with Crippen molar-refractivity contribution < 1.29 is 9.47 Å². The minimum Gasteiger partial charge on any atom is -0.349 e. The average molecular weight is 154 g/mol. The molecule has 62 valence electrons. The summed E-state index contributed by atoms with van der Waals surface area (Å²) in [5, 5.41) is 0. The topological polar surface area (TPSA) is 18.5 Å². The van der Waals surface area contributed by atoms with Crippen molar-refractivity contribution in [1.29, 1.82) is 0 Å². The molecule has 1 aliphatic rings. The number of hydrogen-bond acceptors (Lipinski definition) is 2. The predicted molar refractivity (Wildman–Crippen MR) is 44.2 cm³/mol. The van der Waals surface area contributed by atoms with Crippen LogP contribution in [0.2, 0.25) is 0 Å². The first-order valence-electron chi connectivity index (χ1n) is 3.83. The highest BCUT2D eigenvalue weighted by Crippen LogP contribution is 2.14. The van der Waals surface area contributed by atoms with Crippen molar-refractivity contribution in [2.24, 2.45) is 5.92 Å². The monoisotopic (exact) mass is 154 g/mol. The summed E-state index contributed by atoms with van der Waals surface area (Å²) in [4.78, 5) is 0. The number of hydrogen-bond donors (Lipinski definition) is 0. The molecule has 1 fully saturated rings. The van der Waals surface area contributed by atoms with E-state index in [4.69, 9.17) is 9.47 Å². The van der Waals surface area contributed by atoms with Crippen LogP contribution in [-0.2, 0) is 9.47 Å². The maximum Gasteiger partial charge on any atom is 0.176 e. The summed E-state index contributed by atoms with van der Waals surface area (Å²) in [6.45, 7) is 8.75. The molecule has 0 unspecified atom stereocenters. The van der Waals surface area contributed by atoms with Gasteiger partial charge in [0.05, 0.1) is 13.2 Å². The largest absolute Gasteiger partial charge is 0.349 e. The molecular formula is C9H14O2. The fraction of sp³-hybridized carbons (Fsp3) is 0.556. The summed E-state index contributed by atoms with van der Waals surface area (Å²) in [5.74, 6) is 0.476. The van der Waals surface area contributed by atoms with Gasteiger partial charge in [0.25, 0.3) is 0 Å². The SMILES string of the molecule is C=CCC1COC(C=C)OC1. The zero-order valence-corrected chi connectivity index (χ0v) is 6.66. The Bertz CT molecular complexity index is 134. The maximum atomic E-state index is 5.30. The lowest BCUT2D eigenvalue weighted by atomic mass is 10.1. The van der Waals surface area contributed by atoms with Gasteiger partial charge in [-0.1, -0.05) is 12.7 Å². The van der Waals surface area contributed by atoms with Crippen LogP contribution in [0.1, 0.15) is 6.42 Å². The van der Waals surface area contributed by atoms with Gasteiger partial charge >= 0.3 is 0 Å². The lowest BCUT2D eigenvalue weighted by Crippen LogP contribution is -2.30. The first kappa shape index (κ1) is 8.50. The first-order chi connectivity index (χ1) is 5.36. The summed E-state index contributed by atoms with van der Waals surface area (Å²) >= 11 is 0. The number of rotatable bonds is 3. The van der Waals surface area contributed by atoms with E-state index in [0.29, 0.717) is 5.92 Å². The van der Waals surface area contributed by atoms with E-state index in [0.717, 1.165) is 19.6 Å². The first-order valence-corrected chi connectivity index (χ1v) is 3.83. The average Bonchev–Trinajstić information content (AvgIpc) is 2.07. The molecule has 0 amide bonds. The molecule has 2 heteroatoms. The molecule has 1 aliphatic heterocycles. The third-order valence-corrected chi connectivity index (χ3v) is 1.68. The molecule has 0 bridgehead atoms. The highest BCUT2D eigenvalue weighted by atomic mass is 16.7. The van der Waals surface area contributed by atoms with Gasteiger partial charge in [-0.2, -0.15) is 0 Å². The van der Waals surface area contributed by atoms with Gasteiger partial charge in [0, 0.05) is 5.92 Å². The molecule has 1 rings (SSSR count). The van der Waals surface area contributed by atoms with Gasteiger partial charge in [-0.05, 0) is 12.5 Å². The summed E-state index contributed by atoms with van der Waals surface area (Å²) in [6.07, 6.45) is 4.33. The molecule has 0 aromatic heterocycles. The summed E-state index contributed by atoms with van der Waals surface area (Å²) in [5.41, 5.74) is 0. The van der Waals surface area contributed by atoms with Crippen LogP contribution in [0.15, 0.2) is 25.3 Å². The highest BCUT2D eigenvalue weighted by Gasteiger charge is 2.18. The lowest BCUT2D eigenvalue weighted by Gasteiger charge is -2.26. The van der Waals surface area contributed by atoms with Gasteiger partial charge < -0.3 is 9.47 Å². The van der Waals surface area contributed by atoms with Gasteiger partial charge in [0.2, 0.25) is 0 Å². The van der Waals surface area contributed by atoms with Crippen molar-refractivity contribution in [1.82, 2.24) is 0 Å². The molecule has 2 nitrogen and oxygen atoms in total. The second-order valence-electron chi connectivity index (χ2n) is 2.66. The summed E-state index contributed by atoms with van der Waals surface area (Å²) in [7, 11) is 0. The van der Waals surface area contributed by atoms with E-state index in [1.54, 1.807) is 6.08 Å². The lowest BCUT2D eigenvalue weighted by molar-refractivity contribution is -0.173. The maximum absolute atomic E-state index is 5.30. The molecule has 0 aromatic carbocycles. The van der Waals surface area contributed by atoms with E-state index < -0.39 is 0 Å². The van der Waals surface area contributed by atoms with Crippen molar-refractivity contribution in [2.45, 2.75) is 12.7 Å². The zero-order valence-electron chi connectivity index (χ0n) is 6.66. The van der Waals surface area contributed by atoms with Crippen LogP contribution in [0.25, 0.3) is 0 Å². The molecule has 1 saturated heterocycles. The zero-order chi connectivity index (χ0) is 8.10. The second kappa shape index (κ2) is 4.31. The van der Waals surface area contributed by atoms with Crippen molar-refractivity contribution in [3.05, 3.63) is 25.3 Å². The van der Waals surface area contributed by atoms with Crippen LogP contribution < -0.4 is 0 Å². The fourth-order valence-electron chi connectivity index (χ4n) is 1.07. The Morgan fingerprint density at radius 3 is 2.36 bits per heavy atom. The van der Waals surface area contributed by atoms with Crippen LogP contribution >= 0.6 is 0 Å². The van der Waals surface area contributed by atoms with Crippen molar-refractivity contribution in [2.75, 3.05) is 13.2 Å². The number of allylic oxidation sites excluding steroid dienone is 1. The molecule has 0 N–H and O–H groups in total. The van der Waals surface area contributed by atoms with Gasteiger partial charge in [-0.25, -0.2) is 0 Å². The van der Waals surface area contributed by atoms with Crippen molar-refractivity contribution >= 4 is 0 Å². The van der Waals surface area contributed by atoms with E-state index in [2.05, 4.69) is 13.2 Å². The molecule has 0 aliphatic carbocycles. The second-order valence-corrected chi connectivity index (χ2v) is 2.66. The molecule has 0 atom stereocenters. The minimum atomic E-state index is -0.198. The minimum absolute atomic E-state index is 0.198. The van der Waals surface area contributed by atoms with E-state index in [9.17, 15) is 0 Å². The third-order valence-electron chi connectivity index (χ3n) is 1.68. The van der Waals surface area contributed by atoms with Crippen LogP contribution in [0, 0.1) is 5.92 Å². The van der Waals surface area contributed by atoms with Crippen LogP contribution in [-0.4, -0.2) is 19.5 Å². The van der Waals surface area contributed by atoms with Crippen LogP contribution in [0.3, 0.4) is 0 Å². The standard InChI is InChI=1S/C9H14O2/c1-3-5-8-6-10-9(4-2)11-7-8/h3-4,8-9H,1-2,5-7H2. The van der Waals surface area contributed by atoms with Gasteiger partial charge in [-0.15, -0.1) is 6.58 Å². The van der Waals surface area contributed by atoms with Gasteiger partial charge in [-0.3, -0.25) is 0 Å². The Morgan fingerprint density at radius 2 is 1.91 bits per heavy atom. The molecular weight excluding hydrogens is 140 g/mol. The summed E-state index contributed by atoms with van der Waals surface area (Å²) < 4.78 is 10.6. The quantitative estimate of drug-likeness (QED) is 0.576. The number of ether oxygens (including phenoxy) is 2. The Morgan fingerprint density at radius 1 is 1.27 bits per heavy atom. The molecule has 0 radical (unpaired) electrons. The van der Waals surface area contributed by atoms with Crippen molar-refractivity contribution in [3.8, 4) is 0 Å². The Balaban J connectivity index is 2.23. The molecule has 0 saturated carbocycles. The van der Waals surface area contributed by atoms with Crippen LogP contribution in [0.5, 0.6) is 0 Å². The normalized spacial score (nSPS) is 31.3. The molecule has 0 spiro atoms. The van der Waals surface area contributed by atoms with Gasteiger partial charge in [0.15, 0.2) is 6.29 Å². The molecule has 0 aromatic rings. The van der Waals surface area contributed by atoms with Gasteiger partial charge in [0.1, 0.15) is 0 Å². The smallest absolute Gasteiger partial charge is 0.176 e. The third kappa shape index (κ3) is 2.48. The van der Waals surface area contributed by atoms with Crippen molar-refractivity contribution in [3.63, 3.8) is 0 Å². The van der Waals surface area contributed by atoms with E-state index >= 15 is 0 Å². The van der Waals surface area contributed by atoms with E-state index in [1.807, 2.05) is 6.08 Å². The molecule has 1 heterocycles.